The Labute approximate surface area is 133 Å². The molecule has 1 aliphatic carbocycles. The summed E-state index contributed by atoms with van der Waals surface area (Å²) in [6.07, 6.45) is 3.50. The highest BCUT2D eigenvalue weighted by molar-refractivity contribution is 7.89. The molecule has 3 atom stereocenters. The monoisotopic (exact) mass is 332 g/mol. The van der Waals surface area contributed by atoms with Crippen molar-refractivity contribution in [3.8, 4) is 0 Å². The summed E-state index contributed by atoms with van der Waals surface area (Å²) in [6.45, 7) is 4.86. The fraction of sp³-hybridized carbons (Fsp3) is 0.933. The summed E-state index contributed by atoms with van der Waals surface area (Å²) < 4.78 is 32.4. The lowest BCUT2D eigenvalue weighted by Crippen LogP contribution is -2.56. The zero-order valence-corrected chi connectivity index (χ0v) is 14.6. The van der Waals surface area contributed by atoms with Crippen molar-refractivity contribution in [3.63, 3.8) is 0 Å². The van der Waals surface area contributed by atoms with E-state index in [1.165, 1.54) is 7.11 Å². The smallest absolute Gasteiger partial charge is 0.310 e. The van der Waals surface area contributed by atoms with Crippen LogP contribution in [0.25, 0.3) is 0 Å². The summed E-state index contributed by atoms with van der Waals surface area (Å²) in [5, 5.41) is -0.654. The molecule has 2 rings (SSSR count). The van der Waals surface area contributed by atoms with Gasteiger partial charge in [-0.25, -0.2) is 12.7 Å². The Bertz CT molecular complexity index is 518. The van der Waals surface area contributed by atoms with Crippen molar-refractivity contribution < 1.29 is 17.9 Å². The van der Waals surface area contributed by atoms with Gasteiger partial charge in [-0.05, 0) is 24.7 Å². The van der Waals surface area contributed by atoms with Crippen LogP contribution in [-0.4, -0.2) is 50.2 Å². The van der Waals surface area contributed by atoms with Crippen LogP contribution in [0.15, 0.2) is 0 Å². The van der Waals surface area contributed by atoms with Crippen LogP contribution in [0.4, 0.5) is 0 Å². The number of piperidine rings is 1. The van der Waals surface area contributed by atoms with Crippen molar-refractivity contribution in [3.05, 3.63) is 0 Å². The van der Waals surface area contributed by atoms with Crippen molar-refractivity contribution in [2.75, 3.05) is 20.2 Å². The number of rotatable bonds is 3. The fourth-order valence-electron chi connectivity index (χ4n) is 3.61. The zero-order chi connectivity index (χ0) is 16.5. The molecule has 0 aromatic carbocycles. The predicted molar refractivity (Wildman–Crippen MR) is 84.6 cm³/mol. The van der Waals surface area contributed by atoms with Crippen LogP contribution in [0.3, 0.4) is 0 Å². The topological polar surface area (TPSA) is 89.7 Å². The molecule has 2 aliphatic rings. The van der Waals surface area contributed by atoms with E-state index >= 15 is 0 Å². The SMILES string of the molecule is COC(=O)C1CCCCC1S(=O)(=O)N1CCC(N)C(C)(C)C1. The molecular weight excluding hydrogens is 304 g/mol. The minimum Gasteiger partial charge on any atom is -0.469 e. The van der Waals surface area contributed by atoms with Crippen LogP contribution in [0.5, 0.6) is 0 Å². The Balaban J connectivity index is 2.23. The molecule has 7 heteroatoms. The molecule has 2 N–H and O–H groups in total. The Hall–Kier alpha value is -0.660. The number of hydrogen-bond acceptors (Lipinski definition) is 5. The van der Waals surface area contributed by atoms with Gasteiger partial charge in [-0.2, -0.15) is 0 Å². The Morgan fingerprint density at radius 3 is 2.45 bits per heavy atom. The first kappa shape index (κ1) is 17.7. The van der Waals surface area contributed by atoms with Gasteiger partial charge in [0, 0.05) is 19.1 Å². The van der Waals surface area contributed by atoms with Gasteiger partial charge < -0.3 is 10.5 Å². The average molecular weight is 332 g/mol. The van der Waals surface area contributed by atoms with E-state index in [-0.39, 0.29) is 11.5 Å². The van der Waals surface area contributed by atoms with Gasteiger partial charge in [-0.15, -0.1) is 0 Å². The van der Waals surface area contributed by atoms with E-state index in [1.807, 2.05) is 13.8 Å². The van der Waals surface area contributed by atoms with Crippen LogP contribution in [-0.2, 0) is 19.6 Å². The molecule has 0 spiro atoms. The van der Waals surface area contributed by atoms with Gasteiger partial charge >= 0.3 is 5.97 Å². The number of ether oxygens (including phenoxy) is 1. The van der Waals surface area contributed by atoms with Gasteiger partial charge in [-0.1, -0.05) is 26.7 Å². The Morgan fingerprint density at radius 1 is 1.23 bits per heavy atom. The first-order chi connectivity index (χ1) is 10.2. The molecule has 3 unspecified atom stereocenters. The predicted octanol–water partition coefficient (Wildman–Crippen LogP) is 1.11. The number of esters is 1. The van der Waals surface area contributed by atoms with Gasteiger partial charge in [0.2, 0.25) is 10.0 Å². The van der Waals surface area contributed by atoms with E-state index in [4.69, 9.17) is 10.5 Å². The van der Waals surface area contributed by atoms with Gasteiger partial charge in [0.1, 0.15) is 0 Å². The molecule has 0 bridgehead atoms. The lowest BCUT2D eigenvalue weighted by Gasteiger charge is -2.44. The molecule has 128 valence electrons. The number of nitrogens with two attached hydrogens (primary N) is 1. The van der Waals surface area contributed by atoms with E-state index < -0.39 is 27.2 Å². The second-order valence-corrected chi connectivity index (χ2v) is 9.37. The molecule has 1 aliphatic heterocycles. The van der Waals surface area contributed by atoms with Gasteiger partial charge in [-0.3, -0.25) is 4.79 Å². The number of methoxy groups -OCH3 is 1. The summed E-state index contributed by atoms with van der Waals surface area (Å²) in [4.78, 5) is 12.0. The number of sulfonamides is 1. The molecule has 2 fully saturated rings. The zero-order valence-electron chi connectivity index (χ0n) is 13.7. The molecule has 22 heavy (non-hydrogen) atoms. The highest BCUT2D eigenvalue weighted by Gasteiger charge is 2.46. The van der Waals surface area contributed by atoms with Gasteiger partial charge in [0.15, 0.2) is 0 Å². The third-order valence-corrected chi connectivity index (χ3v) is 7.59. The van der Waals surface area contributed by atoms with Crippen molar-refractivity contribution in [2.24, 2.45) is 17.1 Å². The maximum atomic E-state index is 13.0. The summed E-state index contributed by atoms with van der Waals surface area (Å²) in [6, 6.07) is 0.00158. The largest absolute Gasteiger partial charge is 0.469 e. The van der Waals surface area contributed by atoms with Gasteiger partial charge in [0.05, 0.1) is 18.3 Å². The van der Waals surface area contributed by atoms with Crippen molar-refractivity contribution in [1.82, 2.24) is 4.31 Å². The quantitative estimate of drug-likeness (QED) is 0.782. The van der Waals surface area contributed by atoms with Crippen LogP contribution in [0, 0.1) is 11.3 Å². The molecule has 1 heterocycles. The molecule has 0 radical (unpaired) electrons. The fourth-order valence-corrected chi connectivity index (χ4v) is 5.99. The highest BCUT2D eigenvalue weighted by atomic mass is 32.2. The highest BCUT2D eigenvalue weighted by Crippen LogP contribution is 2.36. The number of carbonyl (C=O) groups is 1. The van der Waals surface area contributed by atoms with Gasteiger partial charge in [0.25, 0.3) is 0 Å². The summed E-state index contributed by atoms with van der Waals surface area (Å²) in [7, 11) is -2.18. The Morgan fingerprint density at radius 2 is 1.86 bits per heavy atom. The second-order valence-electron chi connectivity index (χ2n) is 7.21. The Kier molecular flexibility index (Phi) is 5.19. The van der Waals surface area contributed by atoms with Crippen LogP contribution in [0.2, 0.25) is 0 Å². The number of carbonyl (C=O) groups excluding carboxylic acids is 1. The van der Waals surface area contributed by atoms with E-state index in [0.29, 0.717) is 32.4 Å². The van der Waals surface area contributed by atoms with E-state index in [0.717, 1.165) is 12.8 Å². The first-order valence-corrected chi connectivity index (χ1v) is 9.53. The van der Waals surface area contributed by atoms with Crippen LogP contribution in [0.1, 0.15) is 46.0 Å². The van der Waals surface area contributed by atoms with Crippen molar-refractivity contribution in [1.29, 1.82) is 0 Å². The third-order valence-electron chi connectivity index (χ3n) is 5.23. The minimum absolute atomic E-state index is 0.00158. The molecule has 0 aromatic rings. The molecule has 1 saturated heterocycles. The standard InChI is InChI=1S/C15H28N2O4S/c1-15(2)10-17(9-8-13(15)16)22(19,20)12-7-5-4-6-11(12)14(18)21-3/h11-13H,4-10,16H2,1-3H3. The summed E-state index contributed by atoms with van der Waals surface area (Å²) in [5.41, 5.74) is 5.85. The van der Waals surface area contributed by atoms with Crippen molar-refractivity contribution in [2.45, 2.75) is 57.2 Å². The maximum absolute atomic E-state index is 13.0. The molecule has 0 amide bonds. The second kappa shape index (κ2) is 6.45. The normalized spacial score (nSPS) is 33.4. The molecule has 6 nitrogen and oxygen atoms in total. The maximum Gasteiger partial charge on any atom is 0.310 e. The lowest BCUT2D eigenvalue weighted by molar-refractivity contribution is -0.146. The molecule has 0 aromatic heterocycles. The van der Waals surface area contributed by atoms with Crippen molar-refractivity contribution >= 4 is 16.0 Å². The third kappa shape index (κ3) is 3.31. The number of hydrogen-bond donors (Lipinski definition) is 1. The minimum atomic E-state index is -3.51. The molecular formula is C15H28N2O4S. The van der Waals surface area contributed by atoms with E-state index in [1.54, 1.807) is 4.31 Å². The van der Waals surface area contributed by atoms with Crippen LogP contribution >= 0.6 is 0 Å². The summed E-state index contributed by atoms with van der Waals surface area (Å²) >= 11 is 0. The molecule has 1 saturated carbocycles. The first-order valence-electron chi connectivity index (χ1n) is 8.02. The number of nitrogens with zero attached hydrogens (tertiary/aromatic N) is 1. The average Bonchev–Trinajstić information content (AvgIpc) is 2.49. The van der Waals surface area contributed by atoms with E-state index in [2.05, 4.69) is 0 Å². The summed E-state index contributed by atoms with van der Waals surface area (Å²) in [5.74, 6) is -0.941. The van der Waals surface area contributed by atoms with Crippen LogP contribution < -0.4 is 5.73 Å². The van der Waals surface area contributed by atoms with E-state index in [9.17, 15) is 13.2 Å². The lowest BCUT2D eigenvalue weighted by atomic mass is 9.81.